The quantitative estimate of drug-likeness (QED) is 0.665. The van der Waals surface area contributed by atoms with Crippen molar-refractivity contribution in [1.29, 1.82) is 0 Å². The number of hydrogen-bond acceptors (Lipinski definition) is 3. The zero-order valence-electron chi connectivity index (χ0n) is 7.53. The summed E-state index contributed by atoms with van der Waals surface area (Å²) >= 11 is 1.90. The van der Waals surface area contributed by atoms with Crippen LogP contribution in [0.1, 0.15) is 10.4 Å². The van der Waals surface area contributed by atoms with E-state index in [1.807, 2.05) is 11.3 Å². The van der Waals surface area contributed by atoms with Crippen molar-refractivity contribution in [2.75, 3.05) is 19.7 Å². The molecule has 3 heteroatoms. The average Bonchev–Trinajstić information content (AvgIpc) is 2.83. The molecule has 0 saturated carbocycles. The molecule has 0 aliphatic carbocycles. The lowest BCUT2D eigenvalue weighted by Crippen LogP contribution is -2.32. The second-order valence-corrected chi connectivity index (χ2v) is 4.81. The number of rotatable bonds is 2. The number of nitrogens with zero attached hydrogens (tertiary/aromatic N) is 1. The predicted octanol–water partition coefficient (Wildman–Crippen LogP) is 1.50. The molecule has 1 fully saturated rings. The summed E-state index contributed by atoms with van der Waals surface area (Å²) in [7, 11) is 0. The first-order valence-corrected chi connectivity index (χ1v) is 5.69. The molecule has 13 heavy (non-hydrogen) atoms. The first kappa shape index (κ1) is 7.97. The summed E-state index contributed by atoms with van der Waals surface area (Å²) in [5, 5.41) is 2.21. The lowest BCUT2D eigenvalue weighted by Gasteiger charge is -2.25. The maximum Gasteiger partial charge on any atom is 0.0936 e. The van der Waals surface area contributed by atoms with E-state index in [1.165, 1.54) is 18.5 Å². The smallest absolute Gasteiger partial charge is 0.0936 e. The van der Waals surface area contributed by atoms with Crippen LogP contribution in [0.5, 0.6) is 0 Å². The molecular formula is C10H13NOS. The summed E-state index contributed by atoms with van der Waals surface area (Å²) in [6.45, 7) is 4.47. The molecule has 2 aliphatic rings. The van der Waals surface area contributed by atoms with Gasteiger partial charge in [0.05, 0.1) is 12.7 Å². The van der Waals surface area contributed by atoms with Gasteiger partial charge in [-0.2, -0.15) is 0 Å². The Kier molecular flexibility index (Phi) is 1.89. The van der Waals surface area contributed by atoms with Crippen LogP contribution in [0.4, 0.5) is 0 Å². The Bertz CT molecular complexity index is 306. The van der Waals surface area contributed by atoms with Crippen LogP contribution in [0.25, 0.3) is 0 Å². The van der Waals surface area contributed by atoms with Crippen molar-refractivity contribution in [3.8, 4) is 0 Å². The van der Waals surface area contributed by atoms with Gasteiger partial charge in [0.25, 0.3) is 0 Å². The molecule has 0 spiro atoms. The Morgan fingerprint density at radius 3 is 3.38 bits per heavy atom. The van der Waals surface area contributed by atoms with Crippen LogP contribution in [0, 0.1) is 0 Å². The summed E-state index contributed by atoms with van der Waals surface area (Å²) < 4.78 is 5.24. The van der Waals surface area contributed by atoms with Crippen LogP contribution >= 0.6 is 11.3 Å². The van der Waals surface area contributed by atoms with Crippen LogP contribution in [-0.2, 0) is 17.7 Å². The van der Waals surface area contributed by atoms with Crippen molar-refractivity contribution in [1.82, 2.24) is 4.90 Å². The summed E-state index contributed by atoms with van der Waals surface area (Å²) in [5.41, 5.74) is 1.54. The monoisotopic (exact) mass is 195 g/mol. The fourth-order valence-corrected chi connectivity index (χ4v) is 2.81. The van der Waals surface area contributed by atoms with Crippen molar-refractivity contribution in [3.05, 3.63) is 21.9 Å². The molecule has 70 valence electrons. The van der Waals surface area contributed by atoms with E-state index >= 15 is 0 Å². The van der Waals surface area contributed by atoms with Crippen molar-refractivity contribution in [3.63, 3.8) is 0 Å². The Labute approximate surface area is 82.1 Å². The summed E-state index contributed by atoms with van der Waals surface area (Å²) in [5.74, 6) is 0. The number of epoxide rings is 1. The molecule has 2 aliphatic heterocycles. The Balaban J connectivity index is 1.69. The molecule has 0 N–H and O–H groups in total. The number of ether oxygens (including phenoxy) is 1. The van der Waals surface area contributed by atoms with Gasteiger partial charge in [0.1, 0.15) is 0 Å². The zero-order valence-corrected chi connectivity index (χ0v) is 8.35. The van der Waals surface area contributed by atoms with E-state index in [0.29, 0.717) is 6.10 Å². The molecule has 0 radical (unpaired) electrons. The van der Waals surface area contributed by atoms with E-state index in [4.69, 9.17) is 4.74 Å². The fraction of sp³-hybridized carbons (Fsp3) is 0.600. The average molecular weight is 195 g/mol. The summed E-state index contributed by atoms with van der Waals surface area (Å²) in [6.07, 6.45) is 1.78. The Morgan fingerprint density at radius 1 is 1.62 bits per heavy atom. The molecule has 0 aromatic carbocycles. The number of hydrogen-bond donors (Lipinski definition) is 0. The lowest BCUT2D eigenvalue weighted by atomic mass is 10.1. The van der Waals surface area contributed by atoms with Gasteiger partial charge in [-0.05, 0) is 23.4 Å². The zero-order chi connectivity index (χ0) is 8.67. The molecule has 3 rings (SSSR count). The van der Waals surface area contributed by atoms with Crippen LogP contribution in [0.3, 0.4) is 0 Å². The van der Waals surface area contributed by atoms with Crippen LogP contribution < -0.4 is 0 Å². The molecule has 1 atom stereocenters. The third-order valence-electron chi connectivity index (χ3n) is 2.75. The highest BCUT2D eigenvalue weighted by molar-refractivity contribution is 7.10. The number of fused-ring (bicyclic) bond motifs is 1. The lowest BCUT2D eigenvalue weighted by molar-refractivity contribution is 0.227. The van der Waals surface area contributed by atoms with E-state index in [9.17, 15) is 0 Å². The second-order valence-electron chi connectivity index (χ2n) is 3.81. The van der Waals surface area contributed by atoms with Gasteiger partial charge in [0.2, 0.25) is 0 Å². The van der Waals surface area contributed by atoms with E-state index in [0.717, 1.165) is 19.7 Å². The standard InChI is InChI=1S/C10H13NOS/c1-3-11(6-9-7-12-9)5-8-2-4-13-10(1)8/h2,4,9H,1,3,5-7H2/t9-/m1/s1. The van der Waals surface area contributed by atoms with Crippen LogP contribution in [0.2, 0.25) is 0 Å². The minimum Gasteiger partial charge on any atom is -0.372 e. The molecular weight excluding hydrogens is 182 g/mol. The van der Waals surface area contributed by atoms with Crippen molar-refractivity contribution in [2.45, 2.75) is 19.1 Å². The van der Waals surface area contributed by atoms with Crippen molar-refractivity contribution >= 4 is 11.3 Å². The highest BCUT2D eigenvalue weighted by Crippen LogP contribution is 2.25. The van der Waals surface area contributed by atoms with Crippen LogP contribution in [0.15, 0.2) is 11.4 Å². The van der Waals surface area contributed by atoms with Crippen molar-refractivity contribution in [2.24, 2.45) is 0 Å². The van der Waals surface area contributed by atoms with E-state index in [2.05, 4.69) is 16.3 Å². The Hall–Kier alpha value is -0.380. The van der Waals surface area contributed by atoms with Gasteiger partial charge in [-0.3, -0.25) is 4.90 Å². The van der Waals surface area contributed by atoms with E-state index in [-0.39, 0.29) is 0 Å². The maximum atomic E-state index is 5.24. The van der Waals surface area contributed by atoms with Gasteiger partial charge in [-0.15, -0.1) is 11.3 Å². The SMILES string of the molecule is c1cc2c(s1)CCN(C[C@@H]1CO1)C2. The van der Waals surface area contributed by atoms with Gasteiger partial charge < -0.3 is 4.74 Å². The van der Waals surface area contributed by atoms with Crippen molar-refractivity contribution < 1.29 is 4.74 Å². The first-order chi connectivity index (χ1) is 6.42. The molecule has 0 amide bonds. The van der Waals surface area contributed by atoms with Gasteiger partial charge >= 0.3 is 0 Å². The summed E-state index contributed by atoms with van der Waals surface area (Å²) in [6, 6.07) is 2.26. The third kappa shape index (κ3) is 1.64. The molecule has 1 aromatic rings. The Morgan fingerprint density at radius 2 is 2.54 bits per heavy atom. The highest BCUT2D eigenvalue weighted by Gasteiger charge is 2.27. The predicted molar refractivity (Wildman–Crippen MR) is 53.0 cm³/mol. The maximum absolute atomic E-state index is 5.24. The topological polar surface area (TPSA) is 15.8 Å². The van der Waals surface area contributed by atoms with E-state index in [1.54, 1.807) is 4.88 Å². The highest BCUT2D eigenvalue weighted by atomic mass is 32.1. The molecule has 3 heterocycles. The van der Waals surface area contributed by atoms with Gasteiger partial charge in [-0.1, -0.05) is 0 Å². The molecule has 2 nitrogen and oxygen atoms in total. The molecule has 1 saturated heterocycles. The van der Waals surface area contributed by atoms with E-state index < -0.39 is 0 Å². The third-order valence-corrected chi connectivity index (χ3v) is 3.77. The summed E-state index contributed by atoms with van der Waals surface area (Å²) in [4.78, 5) is 4.10. The fourth-order valence-electron chi connectivity index (χ4n) is 1.92. The normalized spacial score (nSPS) is 27.2. The molecule has 1 aromatic heterocycles. The molecule has 0 unspecified atom stereocenters. The van der Waals surface area contributed by atoms with Gasteiger partial charge in [0.15, 0.2) is 0 Å². The minimum absolute atomic E-state index is 0.542. The molecule has 0 bridgehead atoms. The second kappa shape index (κ2) is 3.08. The van der Waals surface area contributed by atoms with Crippen LogP contribution in [-0.4, -0.2) is 30.7 Å². The van der Waals surface area contributed by atoms with Gasteiger partial charge in [-0.25, -0.2) is 0 Å². The first-order valence-electron chi connectivity index (χ1n) is 4.81. The van der Waals surface area contributed by atoms with Gasteiger partial charge in [0, 0.05) is 24.5 Å². The minimum atomic E-state index is 0.542. The number of thiophene rings is 1. The largest absolute Gasteiger partial charge is 0.372 e.